The fourth-order valence-corrected chi connectivity index (χ4v) is 3.24. The minimum atomic E-state index is -0.290. The van der Waals surface area contributed by atoms with Gasteiger partial charge in [-0.05, 0) is 45.2 Å². The predicted octanol–water partition coefficient (Wildman–Crippen LogP) is 2.41. The molecule has 0 saturated carbocycles. The molecular weight excluding hydrogens is 318 g/mol. The summed E-state index contributed by atoms with van der Waals surface area (Å²) in [5, 5.41) is 2.93. The number of aromatic nitrogens is 2. The zero-order valence-corrected chi connectivity index (χ0v) is 14.8. The highest BCUT2D eigenvalue weighted by atomic mass is 16.5. The van der Waals surface area contributed by atoms with Crippen molar-refractivity contribution in [3.8, 4) is 0 Å². The second-order valence-corrected chi connectivity index (χ2v) is 6.57. The van der Waals surface area contributed by atoms with Crippen LogP contribution in [0.1, 0.15) is 45.0 Å². The van der Waals surface area contributed by atoms with Crippen molar-refractivity contribution >= 4 is 22.7 Å². The van der Waals surface area contributed by atoms with Crippen LogP contribution in [0.15, 0.2) is 24.3 Å². The molecule has 2 atom stereocenters. The minimum Gasteiger partial charge on any atom is -0.368 e. The monoisotopic (exact) mass is 343 g/mol. The summed E-state index contributed by atoms with van der Waals surface area (Å²) in [4.78, 5) is 28.5. The van der Waals surface area contributed by atoms with E-state index in [9.17, 15) is 9.59 Å². The lowest BCUT2D eigenvalue weighted by molar-refractivity contribution is -0.130. The maximum absolute atomic E-state index is 12.0. The summed E-state index contributed by atoms with van der Waals surface area (Å²) in [6.07, 6.45) is 2.94. The Morgan fingerprint density at radius 3 is 2.92 bits per heavy atom. The van der Waals surface area contributed by atoms with Gasteiger partial charge < -0.3 is 14.6 Å². The van der Waals surface area contributed by atoms with E-state index < -0.39 is 0 Å². The molecule has 1 N–H and O–H groups in total. The molecule has 1 aromatic heterocycles. The highest BCUT2D eigenvalue weighted by Crippen LogP contribution is 2.22. The van der Waals surface area contributed by atoms with Crippen LogP contribution in [0.5, 0.6) is 0 Å². The number of ketones is 1. The van der Waals surface area contributed by atoms with Gasteiger partial charge in [0.2, 0.25) is 5.91 Å². The molecule has 0 spiro atoms. The average molecular weight is 343 g/mol. The van der Waals surface area contributed by atoms with Crippen LogP contribution >= 0.6 is 0 Å². The number of carbonyl (C=O) groups excluding carboxylic acids is 2. The summed E-state index contributed by atoms with van der Waals surface area (Å²) >= 11 is 0. The van der Waals surface area contributed by atoms with Crippen LogP contribution in [-0.2, 0) is 20.7 Å². The topological polar surface area (TPSA) is 73.2 Å². The number of rotatable bonds is 7. The van der Waals surface area contributed by atoms with E-state index in [0.717, 1.165) is 36.1 Å². The number of aryl methyl sites for hydroxylation is 1. The summed E-state index contributed by atoms with van der Waals surface area (Å²) in [5.74, 6) is 0.967. The van der Waals surface area contributed by atoms with Crippen molar-refractivity contribution in [2.75, 3.05) is 13.2 Å². The molecule has 1 saturated heterocycles. The van der Waals surface area contributed by atoms with Gasteiger partial charge in [0.05, 0.1) is 17.1 Å². The number of hydrogen-bond donors (Lipinski definition) is 1. The highest BCUT2D eigenvalue weighted by Gasteiger charge is 2.23. The minimum absolute atomic E-state index is 0.0249. The average Bonchev–Trinajstić information content (AvgIpc) is 3.25. The second kappa shape index (κ2) is 7.78. The van der Waals surface area contributed by atoms with Crippen molar-refractivity contribution in [2.45, 2.75) is 51.7 Å². The summed E-state index contributed by atoms with van der Waals surface area (Å²) in [6.45, 7) is 4.76. The van der Waals surface area contributed by atoms with Gasteiger partial charge in [0.15, 0.2) is 5.78 Å². The molecule has 1 aliphatic rings. The number of para-hydroxylation sites is 2. The number of fused-ring (bicyclic) bond motifs is 1. The number of nitrogens with zero attached hydrogens (tertiary/aromatic N) is 2. The van der Waals surface area contributed by atoms with Gasteiger partial charge in [-0.1, -0.05) is 12.1 Å². The first kappa shape index (κ1) is 17.6. The molecule has 1 aromatic carbocycles. The predicted molar refractivity (Wildman–Crippen MR) is 95.4 cm³/mol. The van der Waals surface area contributed by atoms with E-state index in [1.165, 1.54) is 0 Å². The van der Waals surface area contributed by atoms with E-state index >= 15 is 0 Å². The van der Waals surface area contributed by atoms with E-state index in [1.54, 1.807) is 6.92 Å². The first-order valence-electron chi connectivity index (χ1n) is 8.93. The molecular formula is C19H25N3O3. The Hall–Kier alpha value is -2.21. The largest absolute Gasteiger partial charge is 0.368 e. The number of benzene rings is 1. The molecule has 0 radical (unpaired) electrons. The normalized spacial score (nSPS) is 18.4. The van der Waals surface area contributed by atoms with Crippen molar-refractivity contribution in [1.82, 2.24) is 14.9 Å². The summed E-state index contributed by atoms with van der Waals surface area (Å²) < 4.78 is 7.39. The Balaban J connectivity index is 1.65. The molecule has 2 heterocycles. The molecule has 25 heavy (non-hydrogen) atoms. The van der Waals surface area contributed by atoms with Gasteiger partial charge in [-0.3, -0.25) is 9.59 Å². The van der Waals surface area contributed by atoms with E-state index in [-0.39, 0.29) is 23.8 Å². The van der Waals surface area contributed by atoms with E-state index in [4.69, 9.17) is 4.74 Å². The van der Waals surface area contributed by atoms with Crippen molar-refractivity contribution in [3.05, 3.63) is 30.1 Å². The van der Waals surface area contributed by atoms with Gasteiger partial charge in [0.25, 0.3) is 0 Å². The number of nitrogens with one attached hydrogen (secondary N) is 1. The lowest BCUT2D eigenvalue weighted by Gasteiger charge is -2.15. The zero-order valence-electron chi connectivity index (χ0n) is 14.8. The number of hydrogen-bond acceptors (Lipinski definition) is 4. The molecule has 6 heteroatoms. The maximum atomic E-state index is 12.0. The van der Waals surface area contributed by atoms with Gasteiger partial charge >= 0.3 is 0 Å². The van der Waals surface area contributed by atoms with Crippen LogP contribution < -0.4 is 5.32 Å². The third kappa shape index (κ3) is 3.90. The van der Waals surface area contributed by atoms with Crippen LogP contribution in [0.4, 0.5) is 0 Å². The highest BCUT2D eigenvalue weighted by molar-refractivity contribution is 5.84. The lowest BCUT2D eigenvalue weighted by atomic mass is 10.2. The molecule has 0 aliphatic carbocycles. The molecule has 1 amide bonds. The number of ether oxygens (including phenoxy) is 1. The van der Waals surface area contributed by atoms with Crippen LogP contribution in [0.2, 0.25) is 0 Å². The molecule has 2 unspecified atom stereocenters. The van der Waals surface area contributed by atoms with Crippen LogP contribution in [-0.4, -0.2) is 40.5 Å². The molecule has 134 valence electrons. The SMILES string of the molecule is CC(=O)C(C)n1c(CCCNC(=O)C2CCCO2)nc2ccccc21. The van der Waals surface area contributed by atoms with Crippen LogP contribution in [0, 0.1) is 0 Å². The Bertz CT molecular complexity index is 762. The maximum Gasteiger partial charge on any atom is 0.249 e. The number of carbonyl (C=O) groups is 2. The fraction of sp³-hybridized carbons (Fsp3) is 0.526. The smallest absolute Gasteiger partial charge is 0.249 e. The molecule has 6 nitrogen and oxygen atoms in total. The second-order valence-electron chi connectivity index (χ2n) is 6.57. The van der Waals surface area contributed by atoms with Gasteiger partial charge in [0.1, 0.15) is 11.9 Å². The van der Waals surface area contributed by atoms with Crippen LogP contribution in [0.25, 0.3) is 11.0 Å². The van der Waals surface area contributed by atoms with Gasteiger partial charge in [-0.2, -0.15) is 0 Å². The first-order valence-corrected chi connectivity index (χ1v) is 8.93. The summed E-state index contributed by atoms with van der Waals surface area (Å²) in [5.41, 5.74) is 1.87. The number of imidazole rings is 1. The number of amides is 1. The van der Waals surface area contributed by atoms with Crippen molar-refractivity contribution in [1.29, 1.82) is 0 Å². The Kier molecular flexibility index (Phi) is 5.48. The summed E-state index contributed by atoms with van der Waals surface area (Å²) in [7, 11) is 0. The molecule has 0 bridgehead atoms. The van der Waals surface area contributed by atoms with Crippen LogP contribution in [0.3, 0.4) is 0 Å². The third-order valence-corrected chi connectivity index (χ3v) is 4.74. The van der Waals surface area contributed by atoms with Gasteiger partial charge in [0, 0.05) is 19.6 Å². The van der Waals surface area contributed by atoms with E-state index in [0.29, 0.717) is 19.6 Å². The molecule has 3 rings (SSSR count). The molecule has 1 fully saturated rings. The fourth-order valence-electron chi connectivity index (χ4n) is 3.24. The van der Waals surface area contributed by atoms with Gasteiger partial charge in [-0.15, -0.1) is 0 Å². The lowest BCUT2D eigenvalue weighted by Crippen LogP contribution is -2.34. The zero-order chi connectivity index (χ0) is 17.8. The van der Waals surface area contributed by atoms with E-state index in [2.05, 4.69) is 10.3 Å². The van der Waals surface area contributed by atoms with Crippen molar-refractivity contribution in [2.24, 2.45) is 0 Å². The first-order chi connectivity index (χ1) is 12.1. The summed E-state index contributed by atoms with van der Waals surface area (Å²) in [6, 6.07) is 7.61. The number of Topliss-reactive ketones (excluding diaryl/α,β-unsaturated/α-hetero) is 1. The van der Waals surface area contributed by atoms with Crippen molar-refractivity contribution < 1.29 is 14.3 Å². The van der Waals surface area contributed by atoms with Gasteiger partial charge in [-0.25, -0.2) is 4.98 Å². The Morgan fingerprint density at radius 2 is 2.20 bits per heavy atom. The Morgan fingerprint density at radius 1 is 1.40 bits per heavy atom. The Labute approximate surface area is 147 Å². The standard InChI is InChI=1S/C19H25N3O3/c1-13(14(2)23)22-16-8-4-3-7-15(16)21-18(22)10-5-11-20-19(24)17-9-6-12-25-17/h3-4,7-8,13,17H,5-6,9-12H2,1-2H3,(H,20,24). The quantitative estimate of drug-likeness (QED) is 0.784. The molecule has 1 aliphatic heterocycles. The van der Waals surface area contributed by atoms with E-state index in [1.807, 2.05) is 35.8 Å². The molecule has 2 aromatic rings. The third-order valence-electron chi connectivity index (χ3n) is 4.74. The van der Waals surface area contributed by atoms with Crippen molar-refractivity contribution in [3.63, 3.8) is 0 Å².